The Morgan fingerprint density at radius 1 is 1.41 bits per heavy atom. The molecule has 1 saturated carbocycles. The summed E-state index contributed by atoms with van der Waals surface area (Å²) in [6, 6.07) is 3.08. The third-order valence-electron chi connectivity index (χ3n) is 5.06. The van der Waals surface area contributed by atoms with Crippen LogP contribution in [0.4, 0.5) is 0 Å². The van der Waals surface area contributed by atoms with E-state index in [1.165, 1.54) is 5.57 Å². The van der Waals surface area contributed by atoms with Gasteiger partial charge in [0, 0.05) is 5.92 Å². The maximum absolute atomic E-state index is 11.1. The third kappa shape index (κ3) is 2.58. The number of benzene rings is 1. The van der Waals surface area contributed by atoms with Crippen molar-refractivity contribution in [1.29, 1.82) is 0 Å². The first-order chi connectivity index (χ1) is 10.6. The van der Waals surface area contributed by atoms with Crippen LogP contribution in [0.3, 0.4) is 0 Å². The van der Waals surface area contributed by atoms with Crippen LogP contribution < -0.4 is 0 Å². The van der Waals surface area contributed by atoms with Gasteiger partial charge in [-0.3, -0.25) is 0 Å². The molecule has 118 valence electrons. The molecular weight excluding hydrogens is 393 g/mol. The van der Waals surface area contributed by atoms with Crippen LogP contribution in [0.2, 0.25) is 0 Å². The minimum Gasteiger partial charge on any atom is -0.507 e. The predicted molar refractivity (Wildman–Crippen MR) is 94.0 cm³/mol. The van der Waals surface area contributed by atoms with Gasteiger partial charge in [0.25, 0.3) is 0 Å². The van der Waals surface area contributed by atoms with Crippen LogP contribution in [-0.2, 0) is 6.42 Å². The molecule has 1 aromatic carbocycles. The number of phenolic OH excluding ortho intramolecular Hbond substituents is 1. The highest BCUT2D eigenvalue weighted by molar-refractivity contribution is 14.1. The number of rotatable bonds is 3. The topological polar surface area (TPSA) is 69.9 Å². The Labute approximate surface area is 143 Å². The second kappa shape index (κ2) is 6.28. The van der Waals surface area contributed by atoms with Crippen molar-refractivity contribution < 1.29 is 10.2 Å². The number of aliphatic hydroxyl groups is 1. The molecule has 0 aliphatic heterocycles. The van der Waals surface area contributed by atoms with Crippen LogP contribution in [-0.4, -0.2) is 22.4 Å². The fraction of sp³-hybridized carbons (Fsp3) is 0.529. The normalized spacial score (nSPS) is 30.8. The highest BCUT2D eigenvalue weighted by atomic mass is 127. The second-order valence-corrected chi connectivity index (χ2v) is 7.37. The Hall–Kier alpha value is -0.950. The number of fused-ring (bicyclic) bond motifs is 1. The third-order valence-corrected chi connectivity index (χ3v) is 5.93. The largest absolute Gasteiger partial charge is 0.507 e. The molecule has 0 radical (unpaired) electrons. The molecule has 0 bridgehead atoms. The van der Waals surface area contributed by atoms with Crippen molar-refractivity contribution in [3.8, 4) is 5.75 Å². The van der Waals surface area contributed by atoms with Gasteiger partial charge < -0.3 is 10.2 Å². The molecule has 0 amide bonds. The van der Waals surface area contributed by atoms with E-state index in [1.807, 2.05) is 12.1 Å². The molecule has 0 saturated heterocycles. The summed E-state index contributed by atoms with van der Waals surface area (Å²) < 4.78 is 0.816. The van der Waals surface area contributed by atoms with E-state index in [0.29, 0.717) is 0 Å². The smallest absolute Gasteiger partial charge is 0.137 e. The Morgan fingerprint density at radius 3 is 2.86 bits per heavy atom. The number of aromatic hydroxyl groups is 1. The first-order valence-electron chi connectivity index (χ1n) is 7.79. The molecule has 1 aromatic rings. The summed E-state index contributed by atoms with van der Waals surface area (Å²) >= 11 is 2.12. The van der Waals surface area contributed by atoms with Gasteiger partial charge in [-0.05, 0) is 77.5 Å². The molecule has 3 rings (SSSR count). The van der Waals surface area contributed by atoms with Crippen LogP contribution in [0.1, 0.15) is 43.2 Å². The van der Waals surface area contributed by atoms with Gasteiger partial charge in [-0.2, -0.15) is 4.91 Å². The van der Waals surface area contributed by atoms with Crippen LogP contribution in [0, 0.1) is 14.4 Å². The summed E-state index contributed by atoms with van der Waals surface area (Å²) in [5, 5.41) is 23.9. The summed E-state index contributed by atoms with van der Waals surface area (Å²) in [7, 11) is 0. The van der Waals surface area contributed by atoms with Gasteiger partial charge in [0.1, 0.15) is 11.8 Å². The standard InChI is InChI=1S/C17H20INO3/c1-2-9-6-13(18)15(20)8-12(9)16-11-5-3-4-10(11)7-14(19-22)17(16)21/h6-8,11,14,16-17,20-21H,2-5H2,1H3. The van der Waals surface area contributed by atoms with Gasteiger partial charge in [0.05, 0.1) is 9.67 Å². The van der Waals surface area contributed by atoms with E-state index in [1.54, 1.807) is 6.07 Å². The molecule has 2 aliphatic rings. The summed E-state index contributed by atoms with van der Waals surface area (Å²) in [6.07, 6.45) is 4.98. The van der Waals surface area contributed by atoms with E-state index in [9.17, 15) is 15.1 Å². The van der Waals surface area contributed by atoms with Gasteiger partial charge in [-0.15, -0.1) is 0 Å². The lowest BCUT2D eigenvalue weighted by Gasteiger charge is -2.36. The maximum Gasteiger partial charge on any atom is 0.137 e. The molecular formula is C17H20INO3. The molecule has 1 fully saturated rings. The number of phenols is 1. The van der Waals surface area contributed by atoms with Crippen molar-refractivity contribution in [3.63, 3.8) is 0 Å². The van der Waals surface area contributed by atoms with Gasteiger partial charge in [-0.25, -0.2) is 0 Å². The van der Waals surface area contributed by atoms with E-state index in [0.717, 1.165) is 40.4 Å². The second-order valence-electron chi connectivity index (χ2n) is 6.21. The number of aryl methyl sites for hydroxylation is 1. The van der Waals surface area contributed by atoms with Gasteiger partial charge in [-0.1, -0.05) is 23.7 Å². The lowest BCUT2D eigenvalue weighted by atomic mass is 9.71. The van der Waals surface area contributed by atoms with Crippen molar-refractivity contribution in [2.75, 3.05) is 0 Å². The van der Waals surface area contributed by atoms with Crippen LogP contribution in [0.25, 0.3) is 0 Å². The number of hydrogen-bond donors (Lipinski definition) is 2. The highest BCUT2D eigenvalue weighted by Gasteiger charge is 2.43. The van der Waals surface area contributed by atoms with Crippen molar-refractivity contribution in [1.82, 2.24) is 0 Å². The van der Waals surface area contributed by atoms with Crippen LogP contribution in [0.15, 0.2) is 29.0 Å². The van der Waals surface area contributed by atoms with Crippen molar-refractivity contribution >= 4 is 22.6 Å². The Kier molecular flexibility index (Phi) is 4.54. The highest BCUT2D eigenvalue weighted by Crippen LogP contribution is 2.49. The zero-order valence-corrected chi connectivity index (χ0v) is 14.7. The number of nitroso groups, excluding NO2 is 1. The molecule has 22 heavy (non-hydrogen) atoms. The predicted octanol–water partition coefficient (Wildman–Crippen LogP) is 3.88. The molecule has 2 aliphatic carbocycles. The maximum atomic E-state index is 11.1. The fourth-order valence-electron chi connectivity index (χ4n) is 4.01. The van der Waals surface area contributed by atoms with Crippen molar-refractivity contribution in [2.45, 2.75) is 50.7 Å². The minimum absolute atomic E-state index is 0.150. The van der Waals surface area contributed by atoms with Gasteiger partial charge >= 0.3 is 0 Å². The summed E-state index contributed by atoms with van der Waals surface area (Å²) in [4.78, 5) is 11.1. The minimum atomic E-state index is -0.811. The zero-order chi connectivity index (χ0) is 15.9. The fourth-order valence-corrected chi connectivity index (χ4v) is 4.54. The monoisotopic (exact) mass is 413 g/mol. The van der Waals surface area contributed by atoms with E-state index in [-0.39, 0.29) is 17.6 Å². The number of halogens is 1. The average Bonchev–Trinajstić information content (AvgIpc) is 2.97. The van der Waals surface area contributed by atoms with Gasteiger partial charge in [0.2, 0.25) is 0 Å². The van der Waals surface area contributed by atoms with Crippen LogP contribution >= 0.6 is 22.6 Å². The number of nitrogens with zero attached hydrogens (tertiary/aromatic N) is 1. The molecule has 0 spiro atoms. The van der Waals surface area contributed by atoms with E-state index in [4.69, 9.17) is 0 Å². The molecule has 0 aromatic heterocycles. The number of hydrogen-bond acceptors (Lipinski definition) is 4. The zero-order valence-electron chi connectivity index (χ0n) is 12.5. The first kappa shape index (κ1) is 15.9. The van der Waals surface area contributed by atoms with E-state index in [2.05, 4.69) is 34.7 Å². The van der Waals surface area contributed by atoms with Crippen molar-refractivity contribution in [3.05, 3.63) is 43.4 Å². The molecule has 2 N–H and O–H groups in total. The Balaban J connectivity index is 2.11. The first-order valence-corrected chi connectivity index (χ1v) is 8.87. The van der Waals surface area contributed by atoms with E-state index < -0.39 is 12.1 Å². The van der Waals surface area contributed by atoms with Crippen molar-refractivity contribution in [2.24, 2.45) is 11.1 Å². The molecule has 5 heteroatoms. The summed E-state index contributed by atoms with van der Waals surface area (Å²) in [6.45, 7) is 2.07. The lowest BCUT2D eigenvalue weighted by molar-refractivity contribution is 0.102. The number of allylic oxidation sites excluding steroid dienone is 1. The average molecular weight is 413 g/mol. The molecule has 4 unspecified atom stereocenters. The Morgan fingerprint density at radius 2 is 2.18 bits per heavy atom. The van der Waals surface area contributed by atoms with Crippen LogP contribution in [0.5, 0.6) is 5.75 Å². The summed E-state index contributed by atoms with van der Waals surface area (Å²) in [5.41, 5.74) is 3.35. The molecule has 4 nitrogen and oxygen atoms in total. The Bertz CT molecular complexity index is 629. The summed E-state index contributed by atoms with van der Waals surface area (Å²) in [5.74, 6) is 0.352. The SMILES string of the molecule is CCc1cc(I)c(O)cc1C1C2CCCC2=CC(N=O)C1O. The lowest BCUT2D eigenvalue weighted by Crippen LogP contribution is -2.38. The number of aliphatic hydroxyl groups excluding tert-OH is 1. The van der Waals surface area contributed by atoms with E-state index >= 15 is 0 Å². The molecule has 4 atom stereocenters. The molecule has 0 heterocycles. The van der Waals surface area contributed by atoms with Gasteiger partial charge in [0.15, 0.2) is 0 Å². The quantitative estimate of drug-likeness (QED) is 0.449.